The normalized spacial score (nSPS) is 11.6. The Labute approximate surface area is 226 Å². The number of rotatable bonds is 3. The van der Waals surface area contributed by atoms with E-state index in [9.17, 15) is 0 Å². The van der Waals surface area contributed by atoms with Crippen molar-refractivity contribution in [2.45, 2.75) is 0 Å². The van der Waals surface area contributed by atoms with Gasteiger partial charge in [0, 0.05) is 33.6 Å². The summed E-state index contributed by atoms with van der Waals surface area (Å²) >= 11 is 0. The molecule has 0 fully saturated rings. The van der Waals surface area contributed by atoms with Crippen LogP contribution in [0.1, 0.15) is 0 Å². The summed E-state index contributed by atoms with van der Waals surface area (Å²) in [4.78, 5) is 4.95. The summed E-state index contributed by atoms with van der Waals surface area (Å²) < 4.78 is 2.37. The van der Waals surface area contributed by atoms with Crippen LogP contribution >= 0.6 is 0 Å². The molecule has 2 nitrogen and oxygen atoms in total. The van der Waals surface area contributed by atoms with Gasteiger partial charge >= 0.3 is 0 Å². The van der Waals surface area contributed by atoms with Crippen LogP contribution in [-0.4, -0.2) is 9.55 Å². The molecule has 0 spiro atoms. The maximum atomic E-state index is 4.95. The zero-order valence-electron chi connectivity index (χ0n) is 21.3. The molecule has 0 N–H and O–H groups in total. The lowest BCUT2D eigenvalue weighted by Crippen LogP contribution is -1.94. The highest BCUT2D eigenvalue weighted by Gasteiger charge is 2.19. The molecule has 2 aromatic heterocycles. The Morgan fingerprint density at radius 1 is 0.410 bits per heavy atom. The van der Waals surface area contributed by atoms with Crippen LogP contribution in [0.5, 0.6) is 0 Å². The van der Waals surface area contributed by atoms with Crippen LogP contribution in [0.25, 0.3) is 71.4 Å². The molecule has 2 heterocycles. The van der Waals surface area contributed by atoms with E-state index in [1.54, 1.807) is 0 Å². The number of benzene rings is 6. The Bertz CT molecular complexity index is 2100. The van der Waals surface area contributed by atoms with Crippen molar-refractivity contribution in [2.24, 2.45) is 0 Å². The highest BCUT2D eigenvalue weighted by molar-refractivity contribution is 6.21. The van der Waals surface area contributed by atoms with Crippen molar-refractivity contribution in [3.63, 3.8) is 0 Å². The van der Waals surface area contributed by atoms with Gasteiger partial charge in [-0.15, -0.1) is 0 Å². The Hall–Kier alpha value is -5.21. The van der Waals surface area contributed by atoms with Gasteiger partial charge in [0.1, 0.15) is 0 Å². The molecule has 8 rings (SSSR count). The SMILES string of the molecule is c1ccc(-c2c3ccccc3c(-c3ccc4c(c3)c3ccccc3n4-c3ccccc3)c3cccnc23)cc1. The van der Waals surface area contributed by atoms with E-state index in [1.807, 2.05) is 6.20 Å². The van der Waals surface area contributed by atoms with Gasteiger partial charge in [0.05, 0.1) is 16.6 Å². The number of hydrogen-bond acceptors (Lipinski definition) is 1. The van der Waals surface area contributed by atoms with Crippen LogP contribution in [0.2, 0.25) is 0 Å². The number of para-hydroxylation sites is 2. The third kappa shape index (κ3) is 3.32. The average Bonchev–Trinajstić information content (AvgIpc) is 3.34. The number of pyridine rings is 1. The van der Waals surface area contributed by atoms with Crippen LogP contribution in [0.4, 0.5) is 0 Å². The molecular formula is C37H24N2. The van der Waals surface area contributed by atoms with Gasteiger partial charge in [0.25, 0.3) is 0 Å². The third-order valence-electron chi connectivity index (χ3n) is 7.82. The Morgan fingerprint density at radius 3 is 1.82 bits per heavy atom. The van der Waals surface area contributed by atoms with E-state index >= 15 is 0 Å². The predicted molar refractivity (Wildman–Crippen MR) is 164 cm³/mol. The van der Waals surface area contributed by atoms with Crippen molar-refractivity contribution in [2.75, 3.05) is 0 Å². The second-order valence-corrected chi connectivity index (χ2v) is 9.98. The number of nitrogens with zero attached hydrogens (tertiary/aromatic N) is 2. The van der Waals surface area contributed by atoms with E-state index in [4.69, 9.17) is 4.98 Å². The molecule has 0 atom stereocenters. The second kappa shape index (κ2) is 8.68. The summed E-state index contributed by atoms with van der Waals surface area (Å²) in [6.45, 7) is 0. The van der Waals surface area contributed by atoms with E-state index < -0.39 is 0 Å². The smallest absolute Gasteiger partial charge is 0.0792 e. The highest BCUT2D eigenvalue weighted by atomic mass is 15.0. The van der Waals surface area contributed by atoms with Gasteiger partial charge in [-0.05, 0) is 63.9 Å². The third-order valence-corrected chi connectivity index (χ3v) is 7.82. The molecule has 6 aromatic carbocycles. The van der Waals surface area contributed by atoms with Gasteiger partial charge in [-0.3, -0.25) is 4.98 Å². The summed E-state index contributed by atoms with van der Waals surface area (Å²) in [5.41, 5.74) is 9.43. The van der Waals surface area contributed by atoms with E-state index in [0.29, 0.717) is 0 Å². The molecule has 0 saturated heterocycles. The van der Waals surface area contributed by atoms with Gasteiger partial charge in [-0.2, -0.15) is 0 Å². The zero-order valence-corrected chi connectivity index (χ0v) is 21.3. The number of aromatic nitrogens is 2. The lowest BCUT2D eigenvalue weighted by atomic mass is 9.87. The number of fused-ring (bicyclic) bond motifs is 5. The molecule has 0 amide bonds. The van der Waals surface area contributed by atoms with Crippen molar-refractivity contribution >= 4 is 43.5 Å². The van der Waals surface area contributed by atoms with Crippen molar-refractivity contribution in [1.29, 1.82) is 0 Å². The second-order valence-electron chi connectivity index (χ2n) is 9.98. The van der Waals surface area contributed by atoms with Crippen molar-refractivity contribution < 1.29 is 0 Å². The largest absolute Gasteiger partial charge is 0.309 e. The van der Waals surface area contributed by atoms with Gasteiger partial charge in [-0.25, -0.2) is 0 Å². The fourth-order valence-electron chi connectivity index (χ4n) is 6.19. The average molecular weight is 497 g/mol. The van der Waals surface area contributed by atoms with Gasteiger partial charge in [-0.1, -0.05) is 103 Å². The molecule has 0 aliphatic heterocycles. The minimum absolute atomic E-state index is 1.03. The lowest BCUT2D eigenvalue weighted by Gasteiger charge is -2.17. The molecule has 0 unspecified atom stereocenters. The maximum Gasteiger partial charge on any atom is 0.0792 e. The molecule has 2 heteroatoms. The van der Waals surface area contributed by atoms with E-state index in [0.717, 1.165) is 5.52 Å². The fourth-order valence-corrected chi connectivity index (χ4v) is 6.19. The quantitative estimate of drug-likeness (QED) is 0.223. The molecule has 39 heavy (non-hydrogen) atoms. The topological polar surface area (TPSA) is 17.8 Å². The van der Waals surface area contributed by atoms with Crippen LogP contribution < -0.4 is 0 Å². The lowest BCUT2D eigenvalue weighted by molar-refractivity contribution is 1.18. The van der Waals surface area contributed by atoms with Crippen molar-refractivity contribution in [3.05, 3.63) is 146 Å². The summed E-state index contributed by atoms with van der Waals surface area (Å²) in [6, 6.07) is 49.9. The molecule has 0 radical (unpaired) electrons. The van der Waals surface area contributed by atoms with E-state index in [1.165, 1.54) is 65.9 Å². The van der Waals surface area contributed by atoms with E-state index in [2.05, 4.69) is 144 Å². The first kappa shape index (κ1) is 21.8. The molecule has 182 valence electrons. The molecule has 0 saturated carbocycles. The highest BCUT2D eigenvalue weighted by Crippen LogP contribution is 2.44. The first-order valence-electron chi connectivity index (χ1n) is 13.3. The van der Waals surface area contributed by atoms with Crippen LogP contribution in [-0.2, 0) is 0 Å². The monoisotopic (exact) mass is 496 g/mol. The summed E-state index contributed by atoms with van der Waals surface area (Å²) in [5.74, 6) is 0. The molecule has 0 aliphatic rings. The molecule has 8 aromatic rings. The van der Waals surface area contributed by atoms with E-state index in [-0.39, 0.29) is 0 Å². The van der Waals surface area contributed by atoms with Crippen molar-refractivity contribution in [3.8, 4) is 27.9 Å². The van der Waals surface area contributed by atoms with Crippen LogP contribution in [0.3, 0.4) is 0 Å². The Morgan fingerprint density at radius 2 is 1.03 bits per heavy atom. The van der Waals surface area contributed by atoms with Gasteiger partial charge in [0.2, 0.25) is 0 Å². The van der Waals surface area contributed by atoms with Gasteiger partial charge in [0.15, 0.2) is 0 Å². The van der Waals surface area contributed by atoms with Crippen LogP contribution in [0.15, 0.2) is 146 Å². The zero-order chi connectivity index (χ0) is 25.8. The first-order chi connectivity index (χ1) is 19.4. The standard InChI is InChI=1S/C37H24N2/c1-3-12-25(13-4-1)36-30-18-8-7-17-29(30)35(31-19-11-23-38-37(31)36)26-21-22-34-32(24-26)28-16-9-10-20-33(28)39(34)27-14-5-2-6-15-27/h1-24H. The van der Waals surface area contributed by atoms with Gasteiger partial charge < -0.3 is 4.57 Å². The van der Waals surface area contributed by atoms with Crippen LogP contribution in [0, 0.1) is 0 Å². The predicted octanol–water partition coefficient (Wildman–Crippen LogP) is 9.82. The molecule has 0 aliphatic carbocycles. The minimum Gasteiger partial charge on any atom is -0.309 e. The Balaban J connectivity index is 1.48. The summed E-state index contributed by atoms with van der Waals surface area (Å²) in [5, 5.41) is 6.13. The summed E-state index contributed by atoms with van der Waals surface area (Å²) in [7, 11) is 0. The summed E-state index contributed by atoms with van der Waals surface area (Å²) in [6.07, 6.45) is 1.91. The molecule has 0 bridgehead atoms. The number of hydrogen-bond donors (Lipinski definition) is 0. The first-order valence-corrected chi connectivity index (χ1v) is 13.3. The van der Waals surface area contributed by atoms with Crippen molar-refractivity contribution in [1.82, 2.24) is 9.55 Å². The Kier molecular flexibility index (Phi) is 4.86. The minimum atomic E-state index is 1.03. The maximum absolute atomic E-state index is 4.95. The fraction of sp³-hybridized carbons (Fsp3) is 0. The molecular weight excluding hydrogens is 472 g/mol.